The maximum absolute atomic E-state index is 14.2. The molecule has 0 aliphatic rings. The summed E-state index contributed by atoms with van der Waals surface area (Å²) in [6, 6.07) is 6.65. The predicted molar refractivity (Wildman–Crippen MR) is 88.9 cm³/mol. The number of aromatic nitrogens is 2. The van der Waals surface area contributed by atoms with E-state index in [0.717, 1.165) is 15.9 Å². The van der Waals surface area contributed by atoms with Crippen molar-refractivity contribution in [1.82, 2.24) is 9.78 Å². The summed E-state index contributed by atoms with van der Waals surface area (Å²) in [7, 11) is 1.86. The average molecular weight is 394 g/mol. The number of aryl methyl sites for hydroxylation is 2. The van der Waals surface area contributed by atoms with Crippen LogP contribution in [-0.4, -0.2) is 21.5 Å². The Hall–Kier alpha value is -0.580. The molecule has 0 saturated heterocycles. The fourth-order valence-electron chi connectivity index (χ4n) is 2.45. The zero-order valence-corrected chi connectivity index (χ0v) is 14.9. The zero-order chi connectivity index (χ0) is 15.6. The van der Waals surface area contributed by atoms with Crippen molar-refractivity contribution in [1.29, 1.82) is 0 Å². The van der Waals surface area contributed by atoms with E-state index in [-0.39, 0.29) is 17.6 Å². The van der Waals surface area contributed by atoms with E-state index >= 15 is 0 Å². The van der Waals surface area contributed by atoms with Crippen LogP contribution in [-0.2, 0) is 18.9 Å². The Kier molecular flexibility index (Phi) is 5.33. The van der Waals surface area contributed by atoms with Gasteiger partial charge in [-0.25, -0.2) is 4.39 Å². The van der Waals surface area contributed by atoms with Gasteiger partial charge < -0.3 is 0 Å². The second kappa shape index (κ2) is 6.67. The first-order valence-electron chi connectivity index (χ1n) is 6.50. The quantitative estimate of drug-likeness (QED) is 0.679. The third-order valence-electron chi connectivity index (χ3n) is 3.72. The molecule has 0 atom stereocenters. The van der Waals surface area contributed by atoms with Crippen molar-refractivity contribution in [2.75, 3.05) is 11.8 Å². The van der Waals surface area contributed by atoms with E-state index in [1.165, 1.54) is 6.07 Å². The number of rotatable bonds is 5. The maximum Gasteiger partial charge on any atom is 0.127 e. The minimum Gasteiger partial charge on any atom is -0.271 e. The summed E-state index contributed by atoms with van der Waals surface area (Å²) in [6.07, 6.45) is 0.513. The van der Waals surface area contributed by atoms with Gasteiger partial charge in [-0.15, -0.1) is 23.2 Å². The number of hydrogen-bond acceptors (Lipinski definition) is 1. The molecule has 1 heterocycles. The highest BCUT2D eigenvalue weighted by Crippen LogP contribution is 2.35. The number of alkyl halides is 2. The topological polar surface area (TPSA) is 17.8 Å². The Balaban J connectivity index is 2.51. The third-order valence-corrected chi connectivity index (χ3v) is 5.78. The Bertz CT molecular complexity index is 639. The van der Waals surface area contributed by atoms with Crippen LogP contribution in [0.1, 0.15) is 17.0 Å². The molecule has 0 aliphatic heterocycles. The van der Waals surface area contributed by atoms with E-state index in [4.69, 9.17) is 23.2 Å². The Morgan fingerprint density at radius 2 is 1.90 bits per heavy atom. The van der Waals surface area contributed by atoms with Crippen molar-refractivity contribution in [3.05, 3.63) is 51.5 Å². The van der Waals surface area contributed by atoms with Crippen molar-refractivity contribution >= 4 is 39.1 Å². The van der Waals surface area contributed by atoms with Gasteiger partial charge in [0.2, 0.25) is 0 Å². The highest BCUT2D eigenvalue weighted by Gasteiger charge is 2.35. The molecule has 2 nitrogen and oxygen atoms in total. The Morgan fingerprint density at radius 1 is 1.29 bits per heavy atom. The summed E-state index contributed by atoms with van der Waals surface area (Å²) in [4.78, 5) is 0. The van der Waals surface area contributed by atoms with Gasteiger partial charge in [0.1, 0.15) is 5.82 Å². The Morgan fingerprint density at radius 3 is 2.38 bits per heavy atom. The molecule has 0 bridgehead atoms. The van der Waals surface area contributed by atoms with Gasteiger partial charge in [-0.05, 0) is 34.5 Å². The standard InChI is InChI=1S/C15H16BrCl2FN2/c1-10-14(16)13(21(2)20-10)7-15(8-17,9-18)11-5-3-4-6-12(11)19/h3-6H,7-9H2,1-2H3. The van der Waals surface area contributed by atoms with E-state index in [1.54, 1.807) is 22.9 Å². The van der Waals surface area contributed by atoms with Crippen LogP contribution in [0, 0.1) is 12.7 Å². The van der Waals surface area contributed by atoms with Crippen LogP contribution in [0.25, 0.3) is 0 Å². The average Bonchev–Trinajstić information content (AvgIpc) is 2.71. The van der Waals surface area contributed by atoms with E-state index < -0.39 is 5.41 Å². The van der Waals surface area contributed by atoms with Crippen LogP contribution in [0.4, 0.5) is 4.39 Å². The lowest BCUT2D eigenvalue weighted by Crippen LogP contribution is -2.35. The Labute approximate surface area is 142 Å². The van der Waals surface area contributed by atoms with E-state index in [9.17, 15) is 4.39 Å². The lowest BCUT2D eigenvalue weighted by Gasteiger charge is -2.30. The smallest absolute Gasteiger partial charge is 0.127 e. The lowest BCUT2D eigenvalue weighted by molar-refractivity contribution is 0.475. The van der Waals surface area contributed by atoms with Crippen molar-refractivity contribution in [3.8, 4) is 0 Å². The molecule has 1 aromatic carbocycles. The molecule has 114 valence electrons. The molecule has 0 N–H and O–H groups in total. The van der Waals surface area contributed by atoms with Crippen molar-refractivity contribution in [2.45, 2.75) is 18.8 Å². The highest BCUT2D eigenvalue weighted by molar-refractivity contribution is 9.10. The number of nitrogens with zero attached hydrogens (tertiary/aromatic N) is 2. The molecule has 2 aromatic rings. The van der Waals surface area contributed by atoms with E-state index in [1.807, 2.05) is 14.0 Å². The van der Waals surface area contributed by atoms with Gasteiger partial charge in [0.15, 0.2) is 0 Å². The maximum atomic E-state index is 14.2. The summed E-state index contributed by atoms with van der Waals surface area (Å²) in [5.41, 5.74) is 1.72. The van der Waals surface area contributed by atoms with Crippen LogP contribution >= 0.6 is 39.1 Å². The molecular weight excluding hydrogens is 378 g/mol. The van der Waals surface area contributed by atoms with E-state index in [0.29, 0.717) is 12.0 Å². The monoisotopic (exact) mass is 392 g/mol. The van der Waals surface area contributed by atoms with Crippen LogP contribution in [0.5, 0.6) is 0 Å². The van der Waals surface area contributed by atoms with Crippen LogP contribution < -0.4 is 0 Å². The van der Waals surface area contributed by atoms with Gasteiger partial charge in [-0.1, -0.05) is 18.2 Å². The van der Waals surface area contributed by atoms with Gasteiger partial charge in [0, 0.05) is 30.6 Å². The van der Waals surface area contributed by atoms with Crippen LogP contribution in [0.3, 0.4) is 0 Å². The molecule has 1 aromatic heterocycles. The van der Waals surface area contributed by atoms with Gasteiger partial charge in [0.25, 0.3) is 0 Å². The fourth-order valence-corrected chi connectivity index (χ4v) is 3.69. The summed E-state index contributed by atoms with van der Waals surface area (Å²) < 4.78 is 16.9. The second-order valence-corrected chi connectivity index (χ2v) is 6.50. The molecule has 0 radical (unpaired) electrons. The minimum absolute atomic E-state index is 0.230. The minimum atomic E-state index is -0.669. The summed E-state index contributed by atoms with van der Waals surface area (Å²) >= 11 is 15.9. The molecule has 0 spiro atoms. The largest absolute Gasteiger partial charge is 0.271 e. The second-order valence-electron chi connectivity index (χ2n) is 5.17. The predicted octanol–water partition coefficient (Wildman–Crippen LogP) is 4.59. The molecule has 6 heteroatoms. The van der Waals surface area contributed by atoms with Crippen molar-refractivity contribution in [2.24, 2.45) is 7.05 Å². The molecule has 0 aliphatic carbocycles. The fraction of sp³-hybridized carbons (Fsp3) is 0.400. The van der Waals surface area contributed by atoms with Gasteiger partial charge in [-0.2, -0.15) is 5.10 Å². The lowest BCUT2D eigenvalue weighted by atomic mass is 9.79. The normalized spacial score (nSPS) is 11.9. The van der Waals surface area contributed by atoms with Crippen molar-refractivity contribution < 1.29 is 4.39 Å². The van der Waals surface area contributed by atoms with Gasteiger partial charge in [-0.3, -0.25) is 4.68 Å². The van der Waals surface area contributed by atoms with E-state index in [2.05, 4.69) is 21.0 Å². The SMILES string of the molecule is Cc1nn(C)c(CC(CCl)(CCl)c2ccccc2F)c1Br. The van der Waals surface area contributed by atoms with Crippen LogP contribution in [0.2, 0.25) is 0 Å². The number of benzene rings is 1. The molecule has 0 unspecified atom stereocenters. The summed E-state index contributed by atoms with van der Waals surface area (Å²) in [5, 5.41) is 4.37. The molecule has 21 heavy (non-hydrogen) atoms. The van der Waals surface area contributed by atoms with Crippen LogP contribution in [0.15, 0.2) is 28.7 Å². The third kappa shape index (κ3) is 3.13. The summed E-state index contributed by atoms with van der Waals surface area (Å²) in [5.74, 6) is 0.177. The van der Waals surface area contributed by atoms with Gasteiger partial charge >= 0.3 is 0 Å². The first kappa shape index (κ1) is 16.8. The zero-order valence-electron chi connectivity index (χ0n) is 11.8. The summed E-state index contributed by atoms with van der Waals surface area (Å²) in [6.45, 7) is 1.92. The first-order chi connectivity index (χ1) is 9.95. The molecule has 0 amide bonds. The molecule has 0 saturated carbocycles. The molecular formula is C15H16BrCl2FN2. The highest BCUT2D eigenvalue weighted by atomic mass is 79.9. The van der Waals surface area contributed by atoms with Crippen molar-refractivity contribution in [3.63, 3.8) is 0 Å². The number of hydrogen-bond donors (Lipinski definition) is 0. The first-order valence-corrected chi connectivity index (χ1v) is 8.36. The number of halogens is 4. The molecule has 0 fully saturated rings. The van der Waals surface area contributed by atoms with Gasteiger partial charge in [0.05, 0.1) is 15.9 Å². The molecule has 2 rings (SSSR count).